The molecule has 12 heteroatoms. The molecule has 2 aromatic heterocycles. The fraction of sp³-hybridized carbons (Fsp3) is 0.500. The minimum atomic E-state index is -0.686. The zero-order valence-electron chi connectivity index (χ0n) is 15.3. The first-order valence-electron chi connectivity index (χ1n) is 8.67. The second-order valence-electron chi connectivity index (χ2n) is 6.85. The molecule has 3 amide bonds. The lowest BCUT2D eigenvalue weighted by molar-refractivity contribution is -0.132. The molecule has 148 valence electrons. The summed E-state index contributed by atoms with van der Waals surface area (Å²) in [6.07, 6.45) is 1.13. The maximum Gasteiger partial charge on any atom is 0.417 e. The van der Waals surface area contributed by atoms with E-state index in [1.165, 1.54) is 34.5 Å². The average Bonchev–Trinajstić information content (AvgIpc) is 3.37. The molecule has 1 atom stereocenters. The molecule has 0 aromatic carbocycles. The normalized spacial score (nSPS) is 19.7. The van der Waals surface area contributed by atoms with Crippen LogP contribution in [0, 0.1) is 0 Å². The van der Waals surface area contributed by atoms with Gasteiger partial charge in [0.2, 0.25) is 5.91 Å². The number of ether oxygens (including phenoxy) is 1. The molecule has 12 nitrogen and oxygen atoms in total. The Labute approximate surface area is 157 Å². The summed E-state index contributed by atoms with van der Waals surface area (Å²) in [5, 5.41) is 0. The summed E-state index contributed by atoms with van der Waals surface area (Å²) in [5.41, 5.74) is -0.677. The first-order valence-corrected chi connectivity index (χ1v) is 8.67. The quantitative estimate of drug-likeness (QED) is 0.593. The summed E-state index contributed by atoms with van der Waals surface area (Å²) in [7, 11) is 2.86. The van der Waals surface area contributed by atoms with Crippen LogP contribution in [0.2, 0.25) is 0 Å². The average molecular weight is 390 g/mol. The van der Waals surface area contributed by atoms with Crippen molar-refractivity contribution in [2.75, 3.05) is 19.7 Å². The number of likely N-dealkylation sites (tertiary alicyclic amines) is 1. The molecule has 2 aliphatic heterocycles. The van der Waals surface area contributed by atoms with Gasteiger partial charge in [0, 0.05) is 27.2 Å². The van der Waals surface area contributed by atoms with Gasteiger partial charge in [-0.05, 0) is 6.42 Å². The summed E-state index contributed by atoms with van der Waals surface area (Å²) < 4.78 is 8.33. The number of imidazole rings is 1. The third-order valence-electron chi connectivity index (χ3n) is 5.19. The Balaban J connectivity index is 1.55. The molecular weight excluding hydrogens is 372 g/mol. The number of rotatable bonds is 3. The Morgan fingerprint density at radius 2 is 1.96 bits per heavy atom. The van der Waals surface area contributed by atoms with Gasteiger partial charge in [-0.25, -0.2) is 19.5 Å². The molecule has 2 saturated heterocycles. The van der Waals surface area contributed by atoms with E-state index in [1.54, 1.807) is 0 Å². The van der Waals surface area contributed by atoms with Crippen LogP contribution in [0.1, 0.15) is 6.42 Å². The molecule has 0 bridgehead atoms. The van der Waals surface area contributed by atoms with Crippen molar-refractivity contribution in [3.05, 3.63) is 27.2 Å². The summed E-state index contributed by atoms with van der Waals surface area (Å²) in [5.74, 6) is -0.688. The van der Waals surface area contributed by atoms with Crippen LogP contribution in [0.3, 0.4) is 0 Å². The molecule has 0 radical (unpaired) electrons. The number of fused-ring (bicyclic) bond motifs is 1. The summed E-state index contributed by atoms with van der Waals surface area (Å²) in [6.45, 7) is 0.174. The smallest absolute Gasteiger partial charge is 0.417 e. The van der Waals surface area contributed by atoms with Gasteiger partial charge in [0.15, 0.2) is 17.8 Å². The van der Waals surface area contributed by atoms with Crippen LogP contribution in [-0.4, -0.2) is 72.1 Å². The molecule has 0 saturated carbocycles. The van der Waals surface area contributed by atoms with Crippen molar-refractivity contribution < 1.29 is 19.1 Å². The maximum atomic E-state index is 12.7. The minimum Gasteiger partial charge on any atom is -0.439 e. The molecular formula is C16H18N6O6. The van der Waals surface area contributed by atoms with Gasteiger partial charge in [0.05, 0.1) is 12.4 Å². The molecule has 1 unspecified atom stereocenters. The molecule has 2 fully saturated rings. The summed E-state index contributed by atoms with van der Waals surface area (Å²) >= 11 is 0. The van der Waals surface area contributed by atoms with Crippen molar-refractivity contribution in [3.8, 4) is 0 Å². The van der Waals surface area contributed by atoms with E-state index in [4.69, 9.17) is 4.74 Å². The van der Waals surface area contributed by atoms with Crippen LogP contribution < -0.4 is 11.2 Å². The van der Waals surface area contributed by atoms with E-state index >= 15 is 0 Å². The summed E-state index contributed by atoms with van der Waals surface area (Å²) in [6, 6.07) is -0.417. The van der Waals surface area contributed by atoms with E-state index in [9.17, 15) is 24.0 Å². The van der Waals surface area contributed by atoms with Crippen LogP contribution in [0.4, 0.5) is 4.79 Å². The number of imide groups is 1. The lowest BCUT2D eigenvalue weighted by Crippen LogP contribution is -2.42. The van der Waals surface area contributed by atoms with E-state index in [-0.39, 0.29) is 36.8 Å². The zero-order valence-corrected chi connectivity index (χ0v) is 15.3. The summed E-state index contributed by atoms with van der Waals surface area (Å²) in [4.78, 5) is 67.3. The van der Waals surface area contributed by atoms with E-state index in [1.807, 2.05) is 0 Å². The number of carbonyl (C=O) groups is 3. The number of amides is 3. The number of cyclic esters (lactones) is 1. The van der Waals surface area contributed by atoms with Gasteiger partial charge in [-0.1, -0.05) is 0 Å². The van der Waals surface area contributed by atoms with Gasteiger partial charge in [-0.2, -0.15) is 0 Å². The van der Waals surface area contributed by atoms with Crippen molar-refractivity contribution in [1.29, 1.82) is 0 Å². The molecule has 0 aliphatic carbocycles. The Morgan fingerprint density at radius 1 is 1.21 bits per heavy atom. The Bertz CT molecular complexity index is 1110. The maximum absolute atomic E-state index is 12.7. The largest absolute Gasteiger partial charge is 0.439 e. The fourth-order valence-corrected chi connectivity index (χ4v) is 3.66. The van der Waals surface area contributed by atoms with Crippen molar-refractivity contribution in [1.82, 2.24) is 28.5 Å². The van der Waals surface area contributed by atoms with Crippen LogP contribution in [0.5, 0.6) is 0 Å². The Hall–Kier alpha value is -3.44. The zero-order chi connectivity index (χ0) is 20.2. The number of aromatic nitrogens is 4. The highest BCUT2D eigenvalue weighted by Gasteiger charge is 2.41. The highest BCUT2D eigenvalue weighted by atomic mass is 16.6. The lowest BCUT2D eigenvalue weighted by atomic mass is 10.2. The lowest BCUT2D eigenvalue weighted by Gasteiger charge is -2.20. The molecule has 28 heavy (non-hydrogen) atoms. The first kappa shape index (κ1) is 17.9. The van der Waals surface area contributed by atoms with Crippen LogP contribution in [0.25, 0.3) is 11.2 Å². The Morgan fingerprint density at radius 3 is 2.64 bits per heavy atom. The second-order valence-corrected chi connectivity index (χ2v) is 6.85. The number of hydrogen-bond donors (Lipinski definition) is 0. The van der Waals surface area contributed by atoms with E-state index in [2.05, 4.69) is 4.98 Å². The molecule has 0 spiro atoms. The van der Waals surface area contributed by atoms with Gasteiger partial charge in [-0.15, -0.1) is 0 Å². The number of nitrogens with zero attached hydrogens (tertiary/aromatic N) is 6. The van der Waals surface area contributed by atoms with Gasteiger partial charge in [0.1, 0.15) is 6.54 Å². The standard InChI is InChI=1S/C16H18N6O6/c1-18-13-12(14(25)19(2)15(18)26)21(8-17-13)6-10(23)20-4-3-9(5-20)22-11(24)7-28-16(22)27/h8-9H,3-7H2,1-2H3. The monoisotopic (exact) mass is 390 g/mol. The molecule has 4 heterocycles. The third kappa shape index (κ3) is 2.60. The predicted molar refractivity (Wildman–Crippen MR) is 93.4 cm³/mol. The van der Waals surface area contributed by atoms with Crippen LogP contribution in [0.15, 0.2) is 15.9 Å². The van der Waals surface area contributed by atoms with Gasteiger partial charge < -0.3 is 14.2 Å². The number of aryl methyl sites for hydroxylation is 1. The third-order valence-corrected chi connectivity index (χ3v) is 5.19. The van der Waals surface area contributed by atoms with E-state index in [0.29, 0.717) is 13.0 Å². The number of hydrogen-bond acceptors (Lipinski definition) is 7. The van der Waals surface area contributed by atoms with Gasteiger partial charge in [-0.3, -0.25) is 23.5 Å². The highest BCUT2D eigenvalue weighted by molar-refractivity contribution is 5.98. The molecule has 4 rings (SSSR count). The first-order chi connectivity index (χ1) is 13.3. The van der Waals surface area contributed by atoms with Gasteiger partial charge >= 0.3 is 11.8 Å². The van der Waals surface area contributed by atoms with Gasteiger partial charge in [0.25, 0.3) is 11.5 Å². The van der Waals surface area contributed by atoms with Crippen molar-refractivity contribution in [2.45, 2.75) is 19.0 Å². The fourth-order valence-electron chi connectivity index (χ4n) is 3.66. The molecule has 0 N–H and O–H groups in total. The van der Waals surface area contributed by atoms with Crippen LogP contribution >= 0.6 is 0 Å². The SMILES string of the molecule is Cn1c(=O)c2c(ncn2CC(=O)N2CCC(N3C(=O)COC3=O)C2)n(C)c1=O. The van der Waals surface area contributed by atoms with Crippen molar-refractivity contribution in [3.63, 3.8) is 0 Å². The number of carbonyl (C=O) groups excluding carboxylic acids is 3. The molecule has 2 aromatic rings. The van der Waals surface area contributed by atoms with Crippen molar-refractivity contribution in [2.24, 2.45) is 14.1 Å². The van der Waals surface area contributed by atoms with E-state index in [0.717, 1.165) is 9.47 Å². The molecule has 2 aliphatic rings. The van der Waals surface area contributed by atoms with Crippen molar-refractivity contribution >= 4 is 29.1 Å². The van der Waals surface area contributed by atoms with E-state index < -0.39 is 29.3 Å². The second kappa shape index (κ2) is 6.32. The topological polar surface area (TPSA) is 129 Å². The Kier molecular flexibility index (Phi) is 4.05. The minimum absolute atomic E-state index is 0.144. The predicted octanol–water partition coefficient (Wildman–Crippen LogP) is -1.99. The van der Waals surface area contributed by atoms with Crippen LogP contribution in [-0.2, 0) is 35.0 Å². The highest BCUT2D eigenvalue weighted by Crippen LogP contribution is 2.20.